The molecule has 118 valence electrons. The summed E-state index contributed by atoms with van der Waals surface area (Å²) in [5.41, 5.74) is 1.64. The Bertz CT molecular complexity index is 769. The molecule has 6 heteroatoms. The molecule has 0 aliphatic heterocycles. The van der Waals surface area contributed by atoms with E-state index >= 15 is 0 Å². The van der Waals surface area contributed by atoms with Gasteiger partial charge in [-0.15, -0.1) is 0 Å². The average molecular weight is 312 g/mol. The Morgan fingerprint density at radius 3 is 2.70 bits per heavy atom. The number of amides is 1. The second kappa shape index (κ2) is 7.22. The van der Waals surface area contributed by atoms with Gasteiger partial charge < -0.3 is 10.1 Å². The highest BCUT2D eigenvalue weighted by Gasteiger charge is 2.11. The number of hydrogen-bond acceptors (Lipinski definition) is 4. The van der Waals surface area contributed by atoms with E-state index in [4.69, 9.17) is 4.74 Å². The number of rotatable bonds is 5. The van der Waals surface area contributed by atoms with E-state index in [1.807, 2.05) is 18.2 Å². The van der Waals surface area contributed by atoms with Crippen LogP contribution in [0.3, 0.4) is 0 Å². The van der Waals surface area contributed by atoms with Crippen molar-refractivity contribution in [3.05, 3.63) is 69.8 Å². The van der Waals surface area contributed by atoms with Crippen molar-refractivity contribution >= 4 is 23.4 Å². The summed E-state index contributed by atoms with van der Waals surface area (Å²) < 4.78 is 5.19. The molecule has 2 aromatic rings. The van der Waals surface area contributed by atoms with Crippen molar-refractivity contribution in [1.29, 1.82) is 0 Å². The lowest BCUT2D eigenvalue weighted by atomic mass is 10.1. The largest absolute Gasteiger partial charge is 0.496 e. The first kappa shape index (κ1) is 16.2. The number of nitro benzene ring substituents is 1. The minimum Gasteiger partial charge on any atom is -0.496 e. The van der Waals surface area contributed by atoms with E-state index < -0.39 is 4.92 Å². The number of para-hydroxylation sites is 1. The third kappa shape index (κ3) is 4.16. The Balaban J connectivity index is 2.12. The van der Waals surface area contributed by atoms with Gasteiger partial charge in [0.25, 0.3) is 5.69 Å². The summed E-state index contributed by atoms with van der Waals surface area (Å²) in [4.78, 5) is 22.4. The van der Waals surface area contributed by atoms with Crippen LogP contribution in [0.5, 0.6) is 5.75 Å². The van der Waals surface area contributed by atoms with Crippen LogP contribution in [-0.2, 0) is 4.79 Å². The lowest BCUT2D eigenvalue weighted by molar-refractivity contribution is -0.385. The van der Waals surface area contributed by atoms with E-state index in [-0.39, 0.29) is 11.6 Å². The Morgan fingerprint density at radius 2 is 2.00 bits per heavy atom. The molecule has 0 saturated carbocycles. The number of carbonyl (C=O) groups is 1. The summed E-state index contributed by atoms with van der Waals surface area (Å²) >= 11 is 0. The van der Waals surface area contributed by atoms with Gasteiger partial charge in [-0.2, -0.15) is 0 Å². The van der Waals surface area contributed by atoms with Crippen molar-refractivity contribution in [1.82, 2.24) is 0 Å². The molecule has 0 heterocycles. The Kier molecular flexibility index (Phi) is 5.09. The molecule has 2 rings (SSSR count). The van der Waals surface area contributed by atoms with Gasteiger partial charge >= 0.3 is 0 Å². The fourth-order valence-corrected chi connectivity index (χ4v) is 2.04. The summed E-state index contributed by atoms with van der Waals surface area (Å²) in [6.07, 6.45) is 2.97. The molecule has 0 spiro atoms. The predicted molar refractivity (Wildman–Crippen MR) is 88.5 cm³/mol. The number of methoxy groups -OCH3 is 1. The standard InChI is InChI=1S/C17H16N2O4/c1-12-7-9-14(11-15(12)19(21)22)18-17(20)10-8-13-5-3-4-6-16(13)23-2/h3-11H,1-2H3,(H,18,20)/b10-8+. The molecular weight excluding hydrogens is 296 g/mol. The molecule has 23 heavy (non-hydrogen) atoms. The second-order valence-electron chi connectivity index (χ2n) is 4.82. The van der Waals surface area contributed by atoms with E-state index in [1.165, 1.54) is 12.1 Å². The number of ether oxygens (including phenoxy) is 1. The van der Waals surface area contributed by atoms with Gasteiger partial charge in [-0.3, -0.25) is 14.9 Å². The van der Waals surface area contributed by atoms with Crippen LogP contribution in [0.2, 0.25) is 0 Å². The number of nitrogens with zero attached hydrogens (tertiary/aromatic N) is 1. The van der Waals surface area contributed by atoms with Crippen molar-refractivity contribution in [2.24, 2.45) is 0 Å². The Hall–Kier alpha value is -3.15. The summed E-state index contributed by atoms with van der Waals surface area (Å²) in [6.45, 7) is 1.64. The first-order chi connectivity index (χ1) is 11.0. The van der Waals surface area contributed by atoms with Crippen LogP contribution in [0.1, 0.15) is 11.1 Å². The Morgan fingerprint density at radius 1 is 1.26 bits per heavy atom. The van der Waals surface area contributed by atoms with Gasteiger partial charge in [-0.05, 0) is 25.1 Å². The summed E-state index contributed by atoms with van der Waals surface area (Å²) in [5, 5.41) is 13.5. The minimum absolute atomic E-state index is 0.0310. The summed E-state index contributed by atoms with van der Waals surface area (Å²) in [5.74, 6) is 0.275. The molecule has 1 amide bonds. The number of benzene rings is 2. The number of nitrogens with one attached hydrogen (secondary N) is 1. The van der Waals surface area contributed by atoms with Crippen LogP contribution in [0, 0.1) is 17.0 Å². The molecule has 0 bridgehead atoms. The average Bonchev–Trinajstić information content (AvgIpc) is 2.54. The summed E-state index contributed by atoms with van der Waals surface area (Å²) in [7, 11) is 1.55. The van der Waals surface area contributed by atoms with Gasteiger partial charge in [0.15, 0.2) is 0 Å². The SMILES string of the molecule is COc1ccccc1/C=C/C(=O)Nc1ccc(C)c([N+](=O)[O-])c1. The quantitative estimate of drug-likeness (QED) is 0.520. The molecule has 0 aromatic heterocycles. The van der Waals surface area contributed by atoms with Crippen LogP contribution < -0.4 is 10.1 Å². The van der Waals surface area contributed by atoms with Gasteiger partial charge in [0.2, 0.25) is 5.91 Å². The first-order valence-electron chi connectivity index (χ1n) is 6.88. The lowest BCUT2D eigenvalue weighted by Crippen LogP contribution is -2.08. The fourth-order valence-electron chi connectivity index (χ4n) is 2.04. The topological polar surface area (TPSA) is 81.5 Å². The van der Waals surface area contributed by atoms with E-state index in [2.05, 4.69) is 5.32 Å². The smallest absolute Gasteiger partial charge is 0.274 e. The predicted octanol–water partition coefficient (Wildman–Crippen LogP) is 3.56. The van der Waals surface area contributed by atoms with Crippen molar-refractivity contribution in [2.75, 3.05) is 12.4 Å². The van der Waals surface area contributed by atoms with Crippen molar-refractivity contribution in [2.45, 2.75) is 6.92 Å². The van der Waals surface area contributed by atoms with Crippen molar-refractivity contribution < 1.29 is 14.5 Å². The molecular formula is C17H16N2O4. The molecule has 2 aromatic carbocycles. The fraction of sp³-hybridized carbons (Fsp3) is 0.118. The minimum atomic E-state index is -0.477. The number of anilines is 1. The van der Waals surface area contributed by atoms with Crippen LogP contribution in [0.25, 0.3) is 6.08 Å². The van der Waals surface area contributed by atoms with E-state index in [0.717, 1.165) is 5.56 Å². The summed E-state index contributed by atoms with van der Waals surface area (Å²) in [6, 6.07) is 11.8. The molecule has 0 aliphatic rings. The molecule has 0 unspecified atom stereocenters. The molecule has 0 atom stereocenters. The van der Waals surface area contributed by atoms with Crippen molar-refractivity contribution in [3.8, 4) is 5.75 Å². The highest BCUT2D eigenvalue weighted by molar-refractivity contribution is 6.02. The van der Waals surface area contributed by atoms with Gasteiger partial charge in [0.1, 0.15) is 5.75 Å². The lowest BCUT2D eigenvalue weighted by Gasteiger charge is -2.05. The van der Waals surface area contributed by atoms with E-state index in [1.54, 1.807) is 38.3 Å². The highest BCUT2D eigenvalue weighted by Crippen LogP contribution is 2.22. The molecule has 0 fully saturated rings. The zero-order valence-corrected chi connectivity index (χ0v) is 12.8. The molecule has 6 nitrogen and oxygen atoms in total. The van der Waals surface area contributed by atoms with Gasteiger partial charge in [0.05, 0.1) is 12.0 Å². The first-order valence-corrected chi connectivity index (χ1v) is 6.88. The van der Waals surface area contributed by atoms with Crippen LogP contribution in [-0.4, -0.2) is 17.9 Å². The maximum absolute atomic E-state index is 11.9. The van der Waals surface area contributed by atoms with Crippen LogP contribution in [0.15, 0.2) is 48.5 Å². The monoisotopic (exact) mass is 312 g/mol. The third-order valence-corrected chi connectivity index (χ3v) is 3.23. The van der Waals surface area contributed by atoms with Gasteiger partial charge in [-0.25, -0.2) is 0 Å². The zero-order chi connectivity index (χ0) is 16.8. The maximum atomic E-state index is 11.9. The number of carbonyl (C=O) groups excluding carboxylic acids is 1. The molecule has 0 saturated heterocycles. The Labute approximate surface area is 133 Å². The van der Waals surface area contributed by atoms with Gasteiger partial charge in [-0.1, -0.05) is 24.3 Å². The zero-order valence-electron chi connectivity index (χ0n) is 12.8. The molecule has 1 N–H and O–H groups in total. The van der Waals surface area contributed by atoms with Gasteiger partial charge in [0, 0.05) is 29.0 Å². The van der Waals surface area contributed by atoms with E-state index in [9.17, 15) is 14.9 Å². The molecule has 0 aliphatic carbocycles. The highest BCUT2D eigenvalue weighted by atomic mass is 16.6. The van der Waals surface area contributed by atoms with E-state index in [0.29, 0.717) is 17.0 Å². The van der Waals surface area contributed by atoms with Crippen molar-refractivity contribution in [3.63, 3.8) is 0 Å². The molecule has 0 radical (unpaired) electrons. The van der Waals surface area contributed by atoms with Crippen LogP contribution >= 0.6 is 0 Å². The number of aryl methyl sites for hydroxylation is 1. The normalized spacial score (nSPS) is 10.5. The third-order valence-electron chi connectivity index (χ3n) is 3.23. The van der Waals surface area contributed by atoms with Crippen LogP contribution in [0.4, 0.5) is 11.4 Å². The number of nitro groups is 1. The second-order valence-corrected chi connectivity index (χ2v) is 4.82. The maximum Gasteiger partial charge on any atom is 0.274 e. The number of hydrogen-bond donors (Lipinski definition) is 1.